The first-order chi connectivity index (χ1) is 12.6. The molecule has 1 saturated heterocycles. The van der Waals surface area contributed by atoms with Crippen LogP contribution in [0.1, 0.15) is 42.5 Å². The van der Waals surface area contributed by atoms with Crippen molar-refractivity contribution in [2.75, 3.05) is 18.2 Å². The smallest absolute Gasteiger partial charge is 0.328 e. The molecule has 2 amide bonds. The number of methoxy groups -OCH3 is 1. The summed E-state index contributed by atoms with van der Waals surface area (Å²) in [7, 11) is 1.37. The highest BCUT2D eigenvalue weighted by Gasteiger charge is 2.48. The number of nitrogens with one attached hydrogen (secondary N) is 1. The van der Waals surface area contributed by atoms with Gasteiger partial charge in [-0.05, 0) is 43.4 Å². The van der Waals surface area contributed by atoms with Gasteiger partial charge in [0.25, 0.3) is 5.91 Å². The molecule has 2 heterocycles. The zero-order chi connectivity index (χ0) is 18.3. The van der Waals surface area contributed by atoms with Crippen molar-refractivity contribution in [2.24, 2.45) is 5.92 Å². The first-order valence-corrected chi connectivity index (χ1v) is 10.0. The van der Waals surface area contributed by atoms with Crippen LogP contribution < -0.4 is 5.32 Å². The van der Waals surface area contributed by atoms with E-state index in [1.54, 1.807) is 17.0 Å². The van der Waals surface area contributed by atoms with Crippen LogP contribution in [0.4, 0.5) is 5.69 Å². The predicted molar refractivity (Wildman–Crippen MR) is 98.1 cm³/mol. The minimum atomic E-state index is -0.513. The lowest BCUT2D eigenvalue weighted by Crippen LogP contribution is -2.46. The van der Waals surface area contributed by atoms with Crippen molar-refractivity contribution in [1.29, 1.82) is 0 Å². The molecule has 26 heavy (non-hydrogen) atoms. The van der Waals surface area contributed by atoms with Gasteiger partial charge in [0.2, 0.25) is 5.91 Å². The second-order valence-corrected chi connectivity index (χ2v) is 8.16. The number of ether oxygens (including phenoxy) is 1. The zero-order valence-corrected chi connectivity index (χ0v) is 15.5. The van der Waals surface area contributed by atoms with Crippen molar-refractivity contribution in [3.8, 4) is 0 Å². The van der Waals surface area contributed by atoms with E-state index in [4.69, 9.17) is 4.74 Å². The quantitative estimate of drug-likeness (QED) is 0.806. The van der Waals surface area contributed by atoms with E-state index in [0.29, 0.717) is 29.3 Å². The Hall–Kier alpha value is -2.02. The molecule has 1 aliphatic carbocycles. The molecule has 1 aromatic carbocycles. The van der Waals surface area contributed by atoms with Crippen molar-refractivity contribution >= 4 is 35.2 Å². The Morgan fingerprint density at radius 3 is 2.88 bits per heavy atom. The van der Waals surface area contributed by atoms with Gasteiger partial charge < -0.3 is 15.0 Å². The Bertz CT molecular complexity index is 766. The summed E-state index contributed by atoms with van der Waals surface area (Å²) < 4.78 is 4.97. The van der Waals surface area contributed by atoms with Gasteiger partial charge in [0.1, 0.15) is 6.04 Å². The maximum absolute atomic E-state index is 13.3. The number of amides is 2. The molecule has 2 aliphatic heterocycles. The Labute approximate surface area is 156 Å². The number of carbonyl (C=O) groups is 3. The van der Waals surface area contributed by atoms with Crippen LogP contribution in [0.25, 0.3) is 0 Å². The summed E-state index contributed by atoms with van der Waals surface area (Å²) in [6, 6.07) is 4.97. The molecular formula is C19H22N2O4S. The van der Waals surface area contributed by atoms with Crippen LogP contribution in [-0.2, 0) is 14.3 Å². The van der Waals surface area contributed by atoms with Gasteiger partial charge in [0.05, 0.1) is 18.6 Å². The highest BCUT2D eigenvalue weighted by molar-refractivity contribution is 8.00. The van der Waals surface area contributed by atoms with E-state index in [9.17, 15) is 14.4 Å². The number of likely N-dealkylation sites (tertiary alicyclic amines) is 1. The summed E-state index contributed by atoms with van der Waals surface area (Å²) in [6.45, 7) is 0. The van der Waals surface area contributed by atoms with Crippen molar-refractivity contribution in [3.05, 3.63) is 23.8 Å². The number of rotatable bonds is 2. The van der Waals surface area contributed by atoms with Crippen LogP contribution in [0.5, 0.6) is 0 Å². The monoisotopic (exact) mass is 374 g/mol. The van der Waals surface area contributed by atoms with Gasteiger partial charge in [-0.1, -0.05) is 12.8 Å². The highest BCUT2D eigenvalue weighted by Crippen LogP contribution is 2.41. The SMILES string of the molecule is COC(=O)[C@@H]1C[C@@H]2CCCC[C@H]2N1C(=O)c1ccc2c(c1)NC(=O)CS2. The topological polar surface area (TPSA) is 75.7 Å². The Kier molecular flexibility index (Phi) is 4.65. The highest BCUT2D eigenvalue weighted by atomic mass is 32.2. The van der Waals surface area contributed by atoms with Crippen molar-refractivity contribution < 1.29 is 19.1 Å². The molecule has 3 atom stereocenters. The van der Waals surface area contributed by atoms with E-state index in [1.165, 1.54) is 18.9 Å². The first kappa shape index (κ1) is 17.4. The maximum atomic E-state index is 13.3. The van der Waals surface area contributed by atoms with E-state index in [1.807, 2.05) is 6.07 Å². The number of thioether (sulfide) groups is 1. The molecule has 0 aromatic heterocycles. The molecule has 0 bridgehead atoms. The number of benzene rings is 1. The lowest BCUT2D eigenvalue weighted by molar-refractivity contribution is -0.145. The number of nitrogens with zero attached hydrogens (tertiary/aromatic N) is 1. The van der Waals surface area contributed by atoms with Gasteiger partial charge in [-0.15, -0.1) is 11.8 Å². The zero-order valence-electron chi connectivity index (χ0n) is 14.7. The van der Waals surface area contributed by atoms with E-state index in [-0.39, 0.29) is 23.8 Å². The summed E-state index contributed by atoms with van der Waals surface area (Å²) in [6.07, 6.45) is 4.90. The molecule has 1 aromatic rings. The molecule has 7 heteroatoms. The third-order valence-corrected chi connectivity index (χ3v) is 6.73. The van der Waals surface area contributed by atoms with E-state index < -0.39 is 6.04 Å². The van der Waals surface area contributed by atoms with Crippen molar-refractivity contribution in [1.82, 2.24) is 4.90 Å². The summed E-state index contributed by atoms with van der Waals surface area (Å²) in [5.41, 5.74) is 1.18. The number of hydrogen-bond donors (Lipinski definition) is 1. The maximum Gasteiger partial charge on any atom is 0.328 e. The first-order valence-electron chi connectivity index (χ1n) is 9.05. The van der Waals surface area contributed by atoms with Gasteiger partial charge >= 0.3 is 5.97 Å². The minimum Gasteiger partial charge on any atom is -0.467 e. The van der Waals surface area contributed by atoms with E-state index >= 15 is 0 Å². The number of anilines is 1. The minimum absolute atomic E-state index is 0.0620. The molecule has 0 radical (unpaired) electrons. The predicted octanol–water partition coefficient (Wildman–Crippen LogP) is 2.68. The fourth-order valence-electron chi connectivity index (χ4n) is 4.46. The van der Waals surface area contributed by atoms with Crippen LogP contribution in [0, 0.1) is 5.92 Å². The lowest BCUT2D eigenvalue weighted by atomic mass is 9.84. The number of fused-ring (bicyclic) bond motifs is 2. The van der Waals surface area contributed by atoms with Crippen LogP contribution in [-0.4, -0.2) is 47.6 Å². The normalized spacial score (nSPS) is 27.3. The molecular weight excluding hydrogens is 352 g/mol. The van der Waals surface area contributed by atoms with Gasteiger partial charge in [0, 0.05) is 16.5 Å². The third-order valence-electron chi connectivity index (χ3n) is 5.66. The number of hydrogen-bond acceptors (Lipinski definition) is 5. The number of carbonyl (C=O) groups excluding carboxylic acids is 3. The second kappa shape index (κ2) is 6.95. The van der Waals surface area contributed by atoms with Crippen LogP contribution in [0.2, 0.25) is 0 Å². The average molecular weight is 374 g/mol. The van der Waals surface area contributed by atoms with Crippen molar-refractivity contribution in [2.45, 2.75) is 49.1 Å². The van der Waals surface area contributed by atoms with Crippen LogP contribution >= 0.6 is 11.8 Å². The fourth-order valence-corrected chi connectivity index (χ4v) is 5.25. The van der Waals surface area contributed by atoms with Gasteiger partial charge in [0.15, 0.2) is 0 Å². The standard InChI is InChI=1S/C19H22N2O4S/c1-25-19(24)15-9-11-4-2-3-5-14(11)21(15)18(23)12-6-7-16-13(8-12)20-17(22)10-26-16/h6-8,11,14-15H,2-5,9-10H2,1H3,(H,20,22)/t11-,14+,15-/m0/s1. The van der Waals surface area contributed by atoms with E-state index in [0.717, 1.165) is 30.6 Å². The molecule has 1 N–H and O–H groups in total. The fraction of sp³-hybridized carbons (Fsp3) is 0.526. The number of esters is 1. The molecule has 0 unspecified atom stereocenters. The van der Waals surface area contributed by atoms with E-state index in [2.05, 4.69) is 5.32 Å². The Morgan fingerprint density at radius 1 is 1.27 bits per heavy atom. The summed E-state index contributed by atoms with van der Waals surface area (Å²) in [5.74, 6) is 0.204. The van der Waals surface area contributed by atoms with Gasteiger partial charge in [-0.2, -0.15) is 0 Å². The molecule has 3 aliphatic rings. The second-order valence-electron chi connectivity index (χ2n) is 7.15. The van der Waals surface area contributed by atoms with Crippen LogP contribution in [0.15, 0.2) is 23.1 Å². The Morgan fingerprint density at radius 2 is 2.08 bits per heavy atom. The van der Waals surface area contributed by atoms with Crippen LogP contribution in [0.3, 0.4) is 0 Å². The molecule has 138 valence electrons. The summed E-state index contributed by atoms with van der Waals surface area (Å²) >= 11 is 1.47. The molecule has 6 nitrogen and oxygen atoms in total. The van der Waals surface area contributed by atoms with Gasteiger partial charge in [-0.25, -0.2) is 4.79 Å². The lowest BCUT2D eigenvalue weighted by Gasteiger charge is -2.33. The molecule has 0 spiro atoms. The molecule has 1 saturated carbocycles. The van der Waals surface area contributed by atoms with Crippen molar-refractivity contribution in [3.63, 3.8) is 0 Å². The Balaban J connectivity index is 1.65. The average Bonchev–Trinajstić information content (AvgIpc) is 3.05. The largest absolute Gasteiger partial charge is 0.467 e. The third kappa shape index (κ3) is 2.98. The molecule has 2 fully saturated rings. The summed E-state index contributed by atoms with van der Waals surface area (Å²) in [4.78, 5) is 40.0. The summed E-state index contributed by atoms with van der Waals surface area (Å²) in [5, 5.41) is 2.83. The molecule has 4 rings (SSSR count). The van der Waals surface area contributed by atoms with Gasteiger partial charge in [-0.3, -0.25) is 9.59 Å².